The Morgan fingerprint density at radius 2 is 1.52 bits per heavy atom. The lowest BCUT2D eigenvalue weighted by Crippen LogP contribution is -2.67. The number of cyclic esters (lactones) is 1. The number of esters is 1. The minimum absolute atomic E-state index is 0.124. The van der Waals surface area contributed by atoms with E-state index in [2.05, 4.69) is 69.3 Å². The maximum absolute atomic E-state index is 11.9. The topological polar surface area (TPSA) is 55.8 Å². The maximum atomic E-state index is 11.9. The lowest BCUT2D eigenvalue weighted by Gasteiger charge is -2.45. The molecular formula is C24H28O4Si. The third kappa shape index (κ3) is 3.48. The van der Waals surface area contributed by atoms with Crippen molar-refractivity contribution >= 4 is 24.7 Å². The van der Waals surface area contributed by atoms with Crippen LogP contribution in [0.15, 0.2) is 72.8 Å². The number of hydrogen-bond donors (Lipinski definition) is 1. The van der Waals surface area contributed by atoms with Crippen LogP contribution in [0.3, 0.4) is 0 Å². The quantitative estimate of drug-likeness (QED) is 0.480. The number of rotatable bonds is 4. The number of benzene rings is 2. The summed E-state index contributed by atoms with van der Waals surface area (Å²) in [5.74, 6) is -0.970. The van der Waals surface area contributed by atoms with Gasteiger partial charge in [-0.2, -0.15) is 0 Å². The molecule has 1 aliphatic carbocycles. The molecule has 1 aliphatic heterocycles. The highest BCUT2D eigenvalue weighted by Crippen LogP contribution is 2.41. The molecule has 4 atom stereocenters. The molecule has 4 rings (SSSR count). The molecule has 0 aromatic heterocycles. The average Bonchev–Trinajstić information content (AvgIpc) is 3.00. The first kappa shape index (κ1) is 20.1. The Bertz CT molecular complexity index is 849. The van der Waals surface area contributed by atoms with Crippen molar-refractivity contribution in [1.29, 1.82) is 0 Å². The van der Waals surface area contributed by atoms with Gasteiger partial charge in [-0.15, -0.1) is 0 Å². The molecule has 5 heteroatoms. The van der Waals surface area contributed by atoms with Gasteiger partial charge in [0.25, 0.3) is 8.32 Å². The van der Waals surface area contributed by atoms with Gasteiger partial charge in [0.15, 0.2) is 0 Å². The lowest BCUT2D eigenvalue weighted by atomic mass is 9.84. The predicted molar refractivity (Wildman–Crippen MR) is 115 cm³/mol. The van der Waals surface area contributed by atoms with Crippen molar-refractivity contribution in [3.63, 3.8) is 0 Å². The van der Waals surface area contributed by atoms with E-state index in [1.807, 2.05) is 24.3 Å². The van der Waals surface area contributed by atoms with Crippen molar-refractivity contribution < 1.29 is 19.1 Å². The number of fused-ring (bicyclic) bond motifs is 1. The maximum Gasteiger partial charge on any atom is 0.315 e. The van der Waals surface area contributed by atoms with Gasteiger partial charge in [0.2, 0.25) is 6.29 Å². The molecule has 0 bridgehead atoms. The van der Waals surface area contributed by atoms with Gasteiger partial charge in [-0.05, 0) is 21.8 Å². The minimum atomic E-state index is -2.68. The summed E-state index contributed by atoms with van der Waals surface area (Å²) in [5, 5.41) is 12.5. The Balaban J connectivity index is 1.79. The molecule has 4 nitrogen and oxygen atoms in total. The summed E-state index contributed by atoms with van der Waals surface area (Å²) in [6, 6.07) is 21.0. The normalized spacial score (nSPS) is 26.8. The van der Waals surface area contributed by atoms with Crippen molar-refractivity contribution in [2.75, 3.05) is 0 Å². The number of ether oxygens (including phenoxy) is 1. The van der Waals surface area contributed by atoms with Crippen LogP contribution >= 0.6 is 0 Å². The molecule has 0 amide bonds. The van der Waals surface area contributed by atoms with Gasteiger partial charge in [-0.3, -0.25) is 4.79 Å². The molecule has 29 heavy (non-hydrogen) atoms. The van der Waals surface area contributed by atoms with Crippen molar-refractivity contribution in [3.8, 4) is 0 Å². The second kappa shape index (κ2) is 7.56. The molecular weight excluding hydrogens is 380 g/mol. The third-order valence-electron chi connectivity index (χ3n) is 6.12. The van der Waals surface area contributed by atoms with Crippen LogP contribution in [0.4, 0.5) is 0 Å². The average molecular weight is 409 g/mol. The highest BCUT2D eigenvalue weighted by atomic mass is 28.4. The molecule has 152 valence electrons. The second-order valence-electron chi connectivity index (χ2n) is 8.96. The molecule has 1 saturated heterocycles. The molecule has 1 N–H and O–H groups in total. The first-order chi connectivity index (χ1) is 13.8. The smallest absolute Gasteiger partial charge is 0.315 e. The van der Waals surface area contributed by atoms with Crippen LogP contribution in [-0.2, 0) is 14.0 Å². The molecule has 0 radical (unpaired) electrons. The molecule has 0 spiro atoms. The minimum Gasteiger partial charge on any atom is -0.435 e. The van der Waals surface area contributed by atoms with Crippen LogP contribution in [0.2, 0.25) is 5.04 Å². The lowest BCUT2D eigenvalue weighted by molar-refractivity contribution is -0.156. The fourth-order valence-electron chi connectivity index (χ4n) is 4.72. The van der Waals surface area contributed by atoms with E-state index in [1.165, 1.54) is 10.4 Å². The Morgan fingerprint density at radius 1 is 0.966 bits per heavy atom. The summed E-state index contributed by atoms with van der Waals surface area (Å²) in [4.78, 5) is 11.9. The summed E-state index contributed by atoms with van der Waals surface area (Å²) in [5.41, 5.74) is 0. The van der Waals surface area contributed by atoms with Gasteiger partial charge in [0.05, 0.1) is 12.0 Å². The fraction of sp³-hybridized carbons (Fsp3) is 0.375. The highest BCUT2D eigenvalue weighted by molar-refractivity contribution is 6.99. The van der Waals surface area contributed by atoms with Crippen LogP contribution < -0.4 is 10.4 Å². The summed E-state index contributed by atoms with van der Waals surface area (Å²) in [6.07, 6.45) is 3.17. The van der Waals surface area contributed by atoms with Gasteiger partial charge in [-0.1, -0.05) is 93.6 Å². The van der Waals surface area contributed by atoms with Crippen LogP contribution in [0, 0.1) is 11.8 Å². The van der Waals surface area contributed by atoms with Crippen molar-refractivity contribution in [2.45, 2.75) is 44.6 Å². The van der Waals surface area contributed by atoms with Crippen molar-refractivity contribution in [2.24, 2.45) is 11.8 Å². The molecule has 1 fully saturated rings. The second-order valence-corrected chi connectivity index (χ2v) is 13.2. The fourth-order valence-corrected chi connectivity index (χ4v) is 9.36. The van der Waals surface area contributed by atoms with Crippen LogP contribution in [0.25, 0.3) is 0 Å². The molecule has 0 saturated carbocycles. The SMILES string of the molecule is CC(C)(C)[Si](O[C@H]1C=C[C@@H]2C(=O)O[C@@H](O)[C@@H]2C1)(c1ccccc1)c1ccccc1. The van der Waals surface area contributed by atoms with E-state index in [0.717, 1.165) is 0 Å². The first-order valence-electron chi connectivity index (χ1n) is 10.2. The van der Waals surface area contributed by atoms with Gasteiger partial charge in [-0.25, -0.2) is 0 Å². The van der Waals surface area contributed by atoms with E-state index in [-0.39, 0.29) is 28.9 Å². The monoisotopic (exact) mass is 408 g/mol. The van der Waals surface area contributed by atoms with Gasteiger partial charge in [0, 0.05) is 5.92 Å². The standard InChI is InChI=1S/C24H28O4Si/c1-24(2,3)29(18-10-6-4-7-11-18,19-12-8-5-9-13-19)28-17-14-15-20-21(16-17)23(26)27-22(20)25/h4-15,17,20-21,23,26H,16H2,1-3H3/t17-,20-,21+,23+/m0/s1. The number of aliphatic hydroxyl groups excluding tert-OH is 1. The Labute approximate surface area is 173 Å². The number of aliphatic hydroxyl groups is 1. The summed E-state index contributed by atoms with van der Waals surface area (Å²) in [6.45, 7) is 6.73. The van der Waals surface area contributed by atoms with E-state index in [9.17, 15) is 9.90 Å². The molecule has 2 aromatic rings. The zero-order valence-corrected chi connectivity index (χ0v) is 18.1. The van der Waals surface area contributed by atoms with Gasteiger partial charge >= 0.3 is 5.97 Å². The Morgan fingerprint density at radius 3 is 2.03 bits per heavy atom. The van der Waals surface area contributed by atoms with E-state index in [4.69, 9.17) is 9.16 Å². The number of hydrogen-bond acceptors (Lipinski definition) is 4. The Kier molecular flexibility index (Phi) is 5.23. The van der Waals surface area contributed by atoms with E-state index in [1.54, 1.807) is 0 Å². The van der Waals surface area contributed by atoms with Gasteiger partial charge in [0.1, 0.15) is 0 Å². The predicted octanol–water partition coefficient (Wildman–Crippen LogP) is 3.00. The zero-order chi connectivity index (χ0) is 20.6. The molecule has 0 unspecified atom stereocenters. The van der Waals surface area contributed by atoms with Crippen molar-refractivity contribution in [1.82, 2.24) is 0 Å². The Hall–Kier alpha value is -2.21. The van der Waals surface area contributed by atoms with E-state index >= 15 is 0 Å². The summed E-state index contributed by atoms with van der Waals surface area (Å²) < 4.78 is 12.1. The third-order valence-corrected chi connectivity index (χ3v) is 11.2. The summed E-state index contributed by atoms with van der Waals surface area (Å²) in [7, 11) is -2.68. The zero-order valence-electron chi connectivity index (χ0n) is 17.1. The highest BCUT2D eigenvalue weighted by Gasteiger charge is 2.53. The first-order valence-corrected chi connectivity index (χ1v) is 12.1. The molecule has 2 aromatic carbocycles. The largest absolute Gasteiger partial charge is 0.435 e. The van der Waals surface area contributed by atoms with E-state index < -0.39 is 14.6 Å². The summed E-state index contributed by atoms with van der Waals surface area (Å²) >= 11 is 0. The van der Waals surface area contributed by atoms with E-state index in [0.29, 0.717) is 6.42 Å². The molecule has 1 heterocycles. The van der Waals surface area contributed by atoms with Crippen molar-refractivity contribution in [3.05, 3.63) is 72.8 Å². The van der Waals surface area contributed by atoms with Crippen LogP contribution in [-0.4, -0.2) is 31.8 Å². The van der Waals surface area contributed by atoms with Crippen LogP contribution in [0.1, 0.15) is 27.2 Å². The number of carbonyl (C=O) groups is 1. The van der Waals surface area contributed by atoms with Gasteiger partial charge < -0.3 is 14.3 Å². The van der Waals surface area contributed by atoms with Crippen LogP contribution in [0.5, 0.6) is 0 Å². The number of carbonyl (C=O) groups excluding carboxylic acids is 1. The molecule has 2 aliphatic rings.